The number of hydrogen-bond donors (Lipinski definition) is 2. The van der Waals surface area contributed by atoms with E-state index in [1.165, 1.54) is 10.8 Å². The molecular weight excluding hydrogens is 582 g/mol. The average Bonchev–Trinajstić information content (AvgIpc) is 3.52. The van der Waals surface area contributed by atoms with Crippen LogP contribution >= 0.6 is 0 Å². The molecule has 4 aromatic heterocycles. The zero-order valence-corrected chi connectivity index (χ0v) is 25.6. The van der Waals surface area contributed by atoms with Crippen LogP contribution in [0.3, 0.4) is 0 Å². The maximum atomic E-state index is 13.6. The normalized spacial score (nSPS) is 15.9. The van der Waals surface area contributed by atoms with Crippen molar-refractivity contribution in [3.05, 3.63) is 106 Å². The highest BCUT2D eigenvalue weighted by Crippen LogP contribution is 2.31. The van der Waals surface area contributed by atoms with Crippen molar-refractivity contribution in [2.75, 3.05) is 10.2 Å². The lowest BCUT2D eigenvalue weighted by molar-refractivity contribution is 0.142. The largest absolute Gasteiger partial charge is 0.444 e. The van der Waals surface area contributed by atoms with Gasteiger partial charge in [-0.1, -0.05) is 30.3 Å². The van der Waals surface area contributed by atoms with Crippen molar-refractivity contribution in [3.63, 3.8) is 0 Å². The SMILES string of the molecule is Cc1cc(-c2nc(N[C@H]3CC[C@H](N(C(=O)OCc4ccccc4)c4ccc(-c5ccn(C)c(=O)c5)nc4)CC3)ncc2C#N)[nH]n1. The van der Waals surface area contributed by atoms with Crippen LogP contribution in [-0.4, -0.2) is 47.9 Å². The lowest BCUT2D eigenvalue weighted by Gasteiger charge is -2.36. The number of benzene rings is 1. The number of anilines is 2. The van der Waals surface area contributed by atoms with Gasteiger partial charge in [-0.25, -0.2) is 14.8 Å². The number of hydrogen-bond acceptors (Lipinski definition) is 9. The van der Waals surface area contributed by atoms with Crippen LogP contribution in [0, 0.1) is 18.3 Å². The maximum absolute atomic E-state index is 13.6. The number of rotatable bonds is 8. The van der Waals surface area contributed by atoms with Crippen molar-refractivity contribution >= 4 is 17.7 Å². The first-order valence-electron chi connectivity index (χ1n) is 15.1. The topological polar surface area (TPSA) is 155 Å². The van der Waals surface area contributed by atoms with E-state index < -0.39 is 6.09 Å². The third kappa shape index (κ3) is 6.78. The molecule has 0 saturated heterocycles. The molecule has 0 atom stereocenters. The number of nitriles is 1. The summed E-state index contributed by atoms with van der Waals surface area (Å²) in [5.74, 6) is 0.430. The Morgan fingerprint density at radius 1 is 1.09 bits per heavy atom. The minimum absolute atomic E-state index is 0.0731. The second kappa shape index (κ2) is 13.4. The molecule has 1 amide bonds. The van der Waals surface area contributed by atoms with E-state index >= 15 is 0 Å². The standard InChI is InChI=1S/C34H33N9O3/c1-22-16-30(41-40-22)32-25(18-35)19-37-33(39-32)38-26-8-10-27(11-9-26)43(34(45)46-21-23-6-4-3-5-7-23)28-12-13-29(36-20-28)24-14-15-42(2)31(44)17-24/h3-7,12-17,19-20,26-27H,8-11,21H2,1-2H3,(H,40,41)(H,37,38,39)/t26-,27-. The highest BCUT2D eigenvalue weighted by Gasteiger charge is 2.32. The van der Waals surface area contributed by atoms with Gasteiger partial charge in [0, 0.05) is 37.0 Å². The van der Waals surface area contributed by atoms with Crippen molar-refractivity contribution in [1.82, 2.24) is 29.7 Å². The number of aromatic amines is 1. The monoisotopic (exact) mass is 615 g/mol. The van der Waals surface area contributed by atoms with E-state index in [4.69, 9.17) is 4.74 Å². The van der Waals surface area contributed by atoms with Gasteiger partial charge in [-0.3, -0.25) is 19.8 Å². The van der Waals surface area contributed by atoms with Gasteiger partial charge in [0.2, 0.25) is 5.95 Å². The quantitative estimate of drug-likeness (QED) is 0.234. The Bertz CT molecular complexity index is 1920. The molecule has 232 valence electrons. The van der Waals surface area contributed by atoms with E-state index in [0.29, 0.717) is 52.7 Å². The molecular formula is C34H33N9O3. The van der Waals surface area contributed by atoms with Crippen LogP contribution in [0.25, 0.3) is 22.6 Å². The Labute approximate surface area is 265 Å². The van der Waals surface area contributed by atoms with Crippen LogP contribution < -0.4 is 15.8 Å². The van der Waals surface area contributed by atoms with Crippen LogP contribution in [0.5, 0.6) is 0 Å². The number of nitrogens with one attached hydrogen (secondary N) is 2. The first-order valence-corrected chi connectivity index (χ1v) is 15.1. The van der Waals surface area contributed by atoms with Crippen LogP contribution in [-0.2, 0) is 18.4 Å². The second-order valence-corrected chi connectivity index (χ2v) is 11.3. The fourth-order valence-corrected chi connectivity index (χ4v) is 5.60. The van der Waals surface area contributed by atoms with Gasteiger partial charge >= 0.3 is 6.09 Å². The molecule has 1 saturated carbocycles. The molecule has 0 bridgehead atoms. The molecule has 6 rings (SSSR count). The first kappa shape index (κ1) is 30.2. The Hall–Kier alpha value is -5.83. The Kier molecular flexibility index (Phi) is 8.82. The van der Waals surface area contributed by atoms with Crippen molar-refractivity contribution in [1.29, 1.82) is 5.26 Å². The van der Waals surface area contributed by atoms with Gasteiger partial charge in [-0.2, -0.15) is 10.4 Å². The Balaban J connectivity index is 1.18. The zero-order chi connectivity index (χ0) is 32.0. The molecule has 2 N–H and O–H groups in total. The van der Waals surface area contributed by atoms with Crippen molar-refractivity contribution in [2.45, 2.75) is 51.3 Å². The van der Waals surface area contributed by atoms with Crippen LogP contribution in [0.1, 0.15) is 42.5 Å². The highest BCUT2D eigenvalue weighted by atomic mass is 16.6. The van der Waals surface area contributed by atoms with E-state index in [-0.39, 0.29) is 24.2 Å². The third-order valence-electron chi connectivity index (χ3n) is 8.09. The Morgan fingerprint density at radius 2 is 1.89 bits per heavy atom. The molecule has 12 heteroatoms. The van der Waals surface area contributed by atoms with Gasteiger partial charge in [0.25, 0.3) is 5.56 Å². The zero-order valence-electron chi connectivity index (χ0n) is 25.6. The summed E-state index contributed by atoms with van der Waals surface area (Å²) in [5.41, 5.74) is 5.04. The van der Waals surface area contributed by atoms with E-state index in [9.17, 15) is 14.9 Å². The molecule has 46 heavy (non-hydrogen) atoms. The summed E-state index contributed by atoms with van der Waals surface area (Å²) in [6, 6.07) is 20.5. The summed E-state index contributed by atoms with van der Waals surface area (Å²) >= 11 is 0. The lowest BCUT2D eigenvalue weighted by atomic mass is 9.90. The molecule has 1 aromatic carbocycles. The van der Waals surface area contributed by atoms with Crippen LogP contribution in [0.2, 0.25) is 0 Å². The summed E-state index contributed by atoms with van der Waals surface area (Å²) in [5, 5.41) is 20.1. The van der Waals surface area contributed by atoms with E-state index in [0.717, 1.165) is 24.1 Å². The third-order valence-corrected chi connectivity index (χ3v) is 8.09. The van der Waals surface area contributed by atoms with Crippen molar-refractivity contribution in [2.24, 2.45) is 7.05 Å². The number of aromatic nitrogens is 6. The molecule has 5 aromatic rings. The summed E-state index contributed by atoms with van der Waals surface area (Å²) < 4.78 is 7.29. The smallest absolute Gasteiger partial charge is 0.414 e. The molecule has 0 aliphatic heterocycles. The van der Waals surface area contributed by atoms with Gasteiger partial charge in [0.15, 0.2) is 0 Å². The van der Waals surface area contributed by atoms with Gasteiger partial charge in [-0.15, -0.1) is 0 Å². The van der Waals surface area contributed by atoms with E-state index in [1.807, 2.05) is 61.5 Å². The molecule has 1 aliphatic carbocycles. The average molecular weight is 616 g/mol. The van der Waals surface area contributed by atoms with E-state index in [2.05, 4.69) is 36.5 Å². The van der Waals surface area contributed by atoms with Gasteiger partial charge in [0.1, 0.15) is 18.4 Å². The summed E-state index contributed by atoms with van der Waals surface area (Å²) in [4.78, 5) is 41.1. The number of ether oxygens (including phenoxy) is 1. The van der Waals surface area contributed by atoms with Gasteiger partial charge in [-0.05, 0) is 62.4 Å². The van der Waals surface area contributed by atoms with Crippen molar-refractivity contribution < 1.29 is 9.53 Å². The van der Waals surface area contributed by atoms with E-state index in [1.54, 1.807) is 30.4 Å². The maximum Gasteiger partial charge on any atom is 0.414 e. The molecule has 1 aliphatic rings. The molecule has 12 nitrogen and oxygen atoms in total. The predicted octanol–water partition coefficient (Wildman–Crippen LogP) is 5.37. The number of pyridine rings is 2. The summed E-state index contributed by atoms with van der Waals surface area (Å²) in [7, 11) is 1.70. The first-order chi connectivity index (χ1) is 22.4. The number of amides is 1. The summed E-state index contributed by atoms with van der Waals surface area (Å²) in [6.07, 6.45) is 7.36. The van der Waals surface area contributed by atoms with Crippen molar-refractivity contribution in [3.8, 4) is 28.7 Å². The lowest BCUT2D eigenvalue weighted by Crippen LogP contribution is -2.44. The molecule has 0 unspecified atom stereocenters. The minimum Gasteiger partial charge on any atom is -0.444 e. The summed E-state index contributed by atoms with van der Waals surface area (Å²) in [6.45, 7) is 2.02. The fraction of sp³-hybridized carbons (Fsp3) is 0.265. The number of H-pyrrole nitrogens is 1. The van der Waals surface area contributed by atoms with Crippen LogP contribution in [0.4, 0.5) is 16.4 Å². The number of carbonyl (C=O) groups is 1. The number of nitrogens with zero attached hydrogens (tertiary/aromatic N) is 7. The molecule has 0 spiro atoms. The molecule has 1 fully saturated rings. The second-order valence-electron chi connectivity index (χ2n) is 11.3. The molecule has 0 radical (unpaired) electrons. The highest BCUT2D eigenvalue weighted by molar-refractivity contribution is 5.88. The van der Waals surface area contributed by atoms with Crippen LogP contribution in [0.15, 0.2) is 84.0 Å². The fourth-order valence-electron chi connectivity index (χ4n) is 5.60. The Morgan fingerprint density at radius 3 is 2.57 bits per heavy atom. The number of carbonyl (C=O) groups excluding carboxylic acids is 1. The minimum atomic E-state index is -0.446. The van der Waals surface area contributed by atoms with Gasteiger partial charge in [0.05, 0.1) is 40.7 Å². The number of aryl methyl sites for hydroxylation is 2. The van der Waals surface area contributed by atoms with Gasteiger partial charge < -0.3 is 14.6 Å². The predicted molar refractivity (Wildman–Crippen MR) is 173 cm³/mol. The molecule has 4 heterocycles.